The van der Waals surface area contributed by atoms with Crippen LogP contribution in [0.25, 0.3) is 0 Å². The standard InChI is InChI=1S/C21H19N3O8/c1-13(32-15-5-3-14(11-22)4-6-15)21(26)31-12-20(25)23-16-9-18-19(10-17(16)24(27)28)30-8-2-7-29-18/h3-6,9-10,13H,2,7-8,12H2,1H3,(H,23,25). The van der Waals surface area contributed by atoms with Crippen molar-refractivity contribution in [1.29, 1.82) is 5.26 Å². The number of ether oxygens (including phenoxy) is 4. The van der Waals surface area contributed by atoms with Gasteiger partial charge in [-0.15, -0.1) is 0 Å². The molecule has 1 unspecified atom stereocenters. The molecule has 1 amide bonds. The van der Waals surface area contributed by atoms with Crippen molar-refractivity contribution in [2.75, 3.05) is 25.1 Å². The number of carbonyl (C=O) groups excluding carboxylic acids is 2. The van der Waals surface area contributed by atoms with E-state index in [0.717, 1.165) is 0 Å². The molecule has 0 fully saturated rings. The molecule has 11 heteroatoms. The Labute approximate surface area is 182 Å². The van der Waals surface area contributed by atoms with Crippen LogP contribution in [0.2, 0.25) is 0 Å². The number of anilines is 1. The molecule has 3 rings (SSSR count). The van der Waals surface area contributed by atoms with Crippen LogP contribution in [0.5, 0.6) is 17.2 Å². The Kier molecular flexibility index (Phi) is 7.07. The summed E-state index contributed by atoms with van der Waals surface area (Å²) in [5, 5.41) is 22.5. The quantitative estimate of drug-likeness (QED) is 0.388. The second kappa shape index (κ2) is 10.1. The van der Waals surface area contributed by atoms with Gasteiger partial charge >= 0.3 is 5.97 Å². The Morgan fingerprint density at radius 2 is 1.88 bits per heavy atom. The first-order valence-corrected chi connectivity index (χ1v) is 9.58. The highest BCUT2D eigenvalue weighted by Crippen LogP contribution is 2.39. The molecule has 1 aliphatic heterocycles. The van der Waals surface area contributed by atoms with Gasteiger partial charge in [0, 0.05) is 12.5 Å². The van der Waals surface area contributed by atoms with Gasteiger partial charge in [0.25, 0.3) is 11.6 Å². The van der Waals surface area contributed by atoms with Gasteiger partial charge in [0.05, 0.1) is 35.8 Å². The van der Waals surface area contributed by atoms with Gasteiger partial charge in [-0.1, -0.05) is 0 Å². The van der Waals surface area contributed by atoms with Crippen LogP contribution < -0.4 is 19.5 Å². The summed E-state index contributed by atoms with van der Waals surface area (Å²) in [5.74, 6) is -0.753. The number of amides is 1. The summed E-state index contributed by atoms with van der Waals surface area (Å²) >= 11 is 0. The predicted octanol–water partition coefficient (Wildman–Crippen LogP) is 2.58. The van der Waals surface area contributed by atoms with E-state index >= 15 is 0 Å². The third kappa shape index (κ3) is 5.63. The van der Waals surface area contributed by atoms with Crippen LogP contribution in [0, 0.1) is 21.4 Å². The Bertz CT molecular complexity index is 1060. The molecule has 0 saturated heterocycles. The van der Waals surface area contributed by atoms with E-state index in [1.807, 2.05) is 6.07 Å². The average molecular weight is 441 g/mol. The number of nitriles is 1. The van der Waals surface area contributed by atoms with Gasteiger partial charge in [-0.3, -0.25) is 14.9 Å². The van der Waals surface area contributed by atoms with Crippen LogP contribution in [0.3, 0.4) is 0 Å². The van der Waals surface area contributed by atoms with Crippen LogP contribution in [0.4, 0.5) is 11.4 Å². The van der Waals surface area contributed by atoms with E-state index in [2.05, 4.69) is 5.32 Å². The zero-order valence-corrected chi connectivity index (χ0v) is 17.0. The number of nitrogens with one attached hydrogen (secondary N) is 1. The lowest BCUT2D eigenvalue weighted by Crippen LogP contribution is -2.29. The smallest absolute Gasteiger partial charge is 0.347 e. The molecule has 32 heavy (non-hydrogen) atoms. The lowest BCUT2D eigenvalue weighted by atomic mass is 10.2. The van der Waals surface area contributed by atoms with Gasteiger partial charge in [0.2, 0.25) is 0 Å². The monoisotopic (exact) mass is 441 g/mol. The predicted molar refractivity (Wildman–Crippen MR) is 110 cm³/mol. The summed E-state index contributed by atoms with van der Waals surface area (Å²) in [5.41, 5.74) is -0.0540. The number of benzene rings is 2. The van der Waals surface area contributed by atoms with Gasteiger partial charge in [-0.25, -0.2) is 4.79 Å². The van der Waals surface area contributed by atoms with Gasteiger partial charge in [0.15, 0.2) is 24.2 Å². The first-order valence-electron chi connectivity index (χ1n) is 9.58. The zero-order chi connectivity index (χ0) is 23.1. The minimum absolute atomic E-state index is 0.109. The number of esters is 1. The highest BCUT2D eigenvalue weighted by molar-refractivity contribution is 5.95. The van der Waals surface area contributed by atoms with E-state index < -0.39 is 29.5 Å². The van der Waals surface area contributed by atoms with Crippen LogP contribution in [-0.2, 0) is 14.3 Å². The minimum atomic E-state index is -1.02. The van der Waals surface area contributed by atoms with Gasteiger partial charge < -0.3 is 24.3 Å². The van der Waals surface area contributed by atoms with E-state index in [0.29, 0.717) is 30.9 Å². The third-order valence-corrected chi connectivity index (χ3v) is 4.31. The second-order valence-electron chi connectivity index (χ2n) is 6.68. The molecule has 2 aromatic rings. The van der Waals surface area contributed by atoms with Gasteiger partial charge in [-0.05, 0) is 31.2 Å². The molecule has 0 spiro atoms. The molecule has 0 aliphatic carbocycles. The maximum absolute atomic E-state index is 12.2. The van der Waals surface area contributed by atoms with Crippen molar-refractivity contribution in [2.24, 2.45) is 0 Å². The lowest BCUT2D eigenvalue weighted by Gasteiger charge is -2.14. The number of hydrogen-bond donors (Lipinski definition) is 1. The molecule has 11 nitrogen and oxygen atoms in total. The van der Waals surface area contributed by atoms with Crippen LogP contribution in [-0.4, -0.2) is 42.7 Å². The number of hydrogen-bond acceptors (Lipinski definition) is 9. The summed E-state index contributed by atoms with van der Waals surface area (Å²) in [6.07, 6.45) is -0.411. The fraction of sp³-hybridized carbons (Fsp3) is 0.286. The Morgan fingerprint density at radius 3 is 2.50 bits per heavy atom. The number of carbonyl (C=O) groups is 2. The summed E-state index contributed by atoms with van der Waals surface area (Å²) in [7, 11) is 0. The summed E-state index contributed by atoms with van der Waals surface area (Å²) in [6, 6.07) is 10.6. The molecular formula is C21H19N3O8. The Hall–Kier alpha value is -4.33. The van der Waals surface area contributed by atoms with Crippen molar-refractivity contribution in [3.8, 4) is 23.3 Å². The highest BCUT2D eigenvalue weighted by Gasteiger charge is 2.24. The van der Waals surface area contributed by atoms with E-state index in [1.54, 1.807) is 0 Å². The summed E-state index contributed by atoms with van der Waals surface area (Å²) in [4.78, 5) is 35.1. The molecular weight excluding hydrogens is 422 g/mol. The first kappa shape index (κ1) is 22.4. The number of nitro benzene ring substituents is 1. The number of nitro groups is 1. The largest absolute Gasteiger partial charge is 0.489 e. The van der Waals surface area contributed by atoms with Crippen LogP contribution in [0.15, 0.2) is 36.4 Å². The maximum atomic E-state index is 12.2. The van der Waals surface area contributed by atoms with Crippen molar-refractivity contribution < 1.29 is 33.5 Å². The highest BCUT2D eigenvalue weighted by atomic mass is 16.6. The third-order valence-electron chi connectivity index (χ3n) is 4.31. The van der Waals surface area contributed by atoms with Crippen molar-refractivity contribution in [1.82, 2.24) is 0 Å². The molecule has 1 heterocycles. The van der Waals surface area contributed by atoms with Crippen molar-refractivity contribution >= 4 is 23.3 Å². The lowest BCUT2D eigenvalue weighted by molar-refractivity contribution is -0.384. The molecule has 0 aromatic heterocycles. The van der Waals surface area contributed by atoms with Crippen molar-refractivity contribution in [3.05, 3.63) is 52.1 Å². The number of nitrogens with zero attached hydrogens (tertiary/aromatic N) is 2. The topological polar surface area (TPSA) is 150 Å². The van der Waals surface area contributed by atoms with Crippen LogP contribution >= 0.6 is 0 Å². The van der Waals surface area contributed by atoms with Gasteiger partial charge in [-0.2, -0.15) is 5.26 Å². The molecule has 1 aliphatic rings. The van der Waals surface area contributed by atoms with E-state index in [1.165, 1.54) is 43.3 Å². The SMILES string of the molecule is CC(Oc1ccc(C#N)cc1)C(=O)OCC(=O)Nc1cc2c(cc1[N+](=O)[O-])OCCCO2. The first-order chi connectivity index (χ1) is 15.4. The normalized spacial score (nSPS) is 13.1. The Morgan fingerprint density at radius 1 is 1.22 bits per heavy atom. The number of fused-ring (bicyclic) bond motifs is 1. The second-order valence-corrected chi connectivity index (χ2v) is 6.68. The maximum Gasteiger partial charge on any atom is 0.347 e. The van der Waals surface area contributed by atoms with Gasteiger partial charge in [0.1, 0.15) is 11.4 Å². The molecule has 1 atom stereocenters. The fourth-order valence-electron chi connectivity index (χ4n) is 2.75. The Balaban J connectivity index is 1.59. The molecule has 2 aromatic carbocycles. The summed E-state index contributed by atoms with van der Waals surface area (Å²) < 4.78 is 21.3. The number of rotatable bonds is 7. The van der Waals surface area contributed by atoms with Crippen LogP contribution in [0.1, 0.15) is 18.9 Å². The average Bonchev–Trinajstić information content (AvgIpc) is 3.02. The summed E-state index contributed by atoms with van der Waals surface area (Å²) in [6.45, 7) is 1.49. The fourth-order valence-corrected chi connectivity index (χ4v) is 2.75. The van der Waals surface area contributed by atoms with Crippen molar-refractivity contribution in [2.45, 2.75) is 19.4 Å². The van der Waals surface area contributed by atoms with E-state index in [-0.39, 0.29) is 22.9 Å². The molecule has 0 saturated carbocycles. The molecule has 0 bridgehead atoms. The van der Waals surface area contributed by atoms with Crippen molar-refractivity contribution in [3.63, 3.8) is 0 Å². The van der Waals surface area contributed by atoms with E-state index in [9.17, 15) is 19.7 Å². The molecule has 166 valence electrons. The molecule has 1 N–H and O–H groups in total. The minimum Gasteiger partial charge on any atom is -0.489 e. The van der Waals surface area contributed by atoms with E-state index in [4.69, 9.17) is 24.2 Å². The molecule has 0 radical (unpaired) electrons. The zero-order valence-electron chi connectivity index (χ0n) is 17.0.